The van der Waals surface area contributed by atoms with Crippen molar-refractivity contribution in [1.82, 2.24) is 9.88 Å². The Morgan fingerprint density at radius 2 is 2.44 bits per heavy atom. The molecule has 0 saturated carbocycles. The van der Waals surface area contributed by atoms with Crippen LogP contribution >= 0.6 is 11.8 Å². The molecule has 5 heteroatoms. The number of carbonyl (C=O) groups is 1. The lowest BCUT2D eigenvalue weighted by Gasteiger charge is -2.30. The van der Waals surface area contributed by atoms with Crippen LogP contribution in [0.25, 0.3) is 0 Å². The largest absolute Gasteiger partial charge is 0.301 e. The van der Waals surface area contributed by atoms with Gasteiger partial charge in [0.2, 0.25) is 0 Å². The van der Waals surface area contributed by atoms with E-state index < -0.39 is 5.82 Å². The molecule has 1 fully saturated rings. The van der Waals surface area contributed by atoms with Gasteiger partial charge in [-0.1, -0.05) is 6.92 Å². The zero-order chi connectivity index (χ0) is 13.0. The Bertz CT molecular complexity index is 410. The molecule has 1 aromatic heterocycles. The van der Waals surface area contributed by atoms with Crippen molar-refractivity contribution in [2.45, 2.75) is 18.6 Å². The molecule has 0 radical (unpaired) electrons. The minimum Gasteiger partial charge on any atom is -0.301 e. The van der Waals surface area contributed by atoms with E-state index >= 15 is 0 Å². The van der Waals surface area contributed by atoms with E-state index in [1.165, 1.54) is 12.1 Å². The fourth-order valence-electron chi connectivity index (χ4n) is 2.02. The van der Waals surface area contributed by atoms with Crippen molar-refractivity contribution in [3.8, 4) is 0 Å². The second-order valence-corrected chi connectivity index (χ2v) is 6.06. The summed E-state index contributed by atoms with van der Waals surface area (Å²) < 4.78 is 12.7. The van der Waals surface area contributed by atoms with E-state index in [9.17, 15) is 9.18 Å². The molecular weight excluding hydrogens is 251 g/mol. The number of carbonyl (C=O) groups excluding carboxylic acids is 1. The molecule has 0 bridgehead atoms. The van der Waals surface area contributed by atoms with Crippen LogP contribution in [0.4, 0.5) is 4.39 Å². The Hall–Kier alpha value is -0.940. The van der Waals surface area contributed by atoms with Crippen molar-refractivity contribution in [3.05, 3.63) is 29.8 Å². The molecule has 1 aromatic rings. The van der Waals surface area contributed by atoms with Crippen LogP contribution < -0.4 is 0 Å². The standard InChI is InChI=1S/C13H17FN2OS/c1-10-9-16(6-7-18-10)5-4-13(17)12-3-2-11(14)8-15-12/h2-3,8,10H,4-7,9H2,1H3. The van der Waals surface area contributed by atoms with Crippen LogP contribution in [0, 0.1) is 5.82 Å². The Balaban J connectivity index is 1.82. The summed E-state index contributed by atoms with van der Waals surface area (Å²) in [4.78, 5) is 18.0. The normalized spacial score (nSPS) is 20.9. The highest BCUT2D eigenvalue weighted by molar-refractivity contribution is 7.99. The number of halogens is 1. The molecule has 1 saturated heterocycles. The number of pyridine rings is 1. The minimum absolute atomic E-state index is 0.0131. The Kier molecular flexibility index (Phi) is 4.72. The summed E-state index contributed by atoms with van der Waals surface area (Å²) in [5.74, 6) is 0.707. The maximum atomic E-state index is 12.7. The van der Waals surface area contributed by atoms with Gasteiger partial charge in [0, 0.05) is 37.1 Å². The number of aromatic nitrogens is 1. The molecule has 0 spiro atoms. The third kappa shape index (κ3) is 3.78. The first-order valence-corrected chi connectivity index (χ1v) is 7.19. The molecule has 0 amide bonds. The van der Waals surface area contributed by atoms with Crippen molar-refractivity contribution in [3.63, 3.8) is 0 Å². The molecule has 1 atom stereocenters. The van der Waals surface area contributed by atoms with Crippen LogP contribution in [0.2, 0.25) is 0 Å². The fraction of sp³-hybridized carbons (Fsp3) is 0.538. The van der Waals surface area contributed by atoms with Gasteiger partial charge in [-0.05, 0) is 12.1 Å². The van der Waals surface area contributed by atoms with Crippen LogP contribution in [0.1, 0.15) is 23.8 Å². The predicted octanol–water partition coefficient (Wildman–Crippen LogP) is 2.23. The summed E-state index contributed by atoms with van der Waals surface area (Å²) >= 11 is 1.97. The van der Waals surface area contributed by atoms with Gasteiger partial charge in [-0.2, -0.15) is 11.8 Å². The van der Waals surface area contributed by atoms with Gasteiger partial charge in [-0.25, -0.2) is 4.39 Å². The molecule has 0 N–H and O–H groups in total. The number of rotatable bonds is 4. The van der Waals surface area contributed by atoms with E-state index in [-0.39, 0.29) is 5.78 Å². The summed E-state index contributed by atoms with van der Waals surface area (Å²) in [6.45, 7) is 5.05. The monoisotopic (exact) mass is 268 g/mol. The Morgan fingerprint density at radius 1 is 1.61 bits per heavy atom. The summed E-state index contributed by atoms with van der Waals surface area (Å²) in [7, 11) is 0. The lowest BCUT2D eigenvalue weighted by molar-refractivity contribution is 0.0960. The van der Waals surface area contributed by atoms with Gasteiger partial charge in [0.1, 0.15) is 11.5 Å². The highest BCUT2D eigenvalue weighted by Gasteiger charge is 2.17. The van der Waals surface area contributed by atoms with E-state index in [2.05, 4.69) is 16.8 Å². The summed E-state index contributed by atoms with van der Waals surface area (Å²) in [5, 5.41) is 0.637. The molecule has 1 aliphatic rings. The average Bonchev–Trinajstić information content (AvgIpc) is 2.37. The highest BCUT2D eigenvalue weighted by Crippen LogP contribution is 2.17. The molecule has 1 unspecified atom stereocenters. The molecule has 2 heterocycles. The quantitative estimate of drug-likeness (QED) is 0.784. The topological polar surface area (TPSA) is 33.2 Å². The van der Waals surface area contributed by atoms with E-state index in [0.717, 1.165) is 31.6 Å². The lowest BCUT2D eigenvalue weighted by atomic mass is 10.2. The van der Waals surface area contributed by atoms with Crippen LogP contribution in [0.5, 0.6) is 0 Å². The van der Waals surface area contributed by atoms with Crippen LogP contribution in [0.15, 0.2) is 18.3 Å². The van der Waals surface area contributed by atoms with Crippen LogP contribution in [0.3, 0.4) is 0 Å². The first kappa shape index (κ1) is 13.5. The molecular formula is C13H17FN2OS. The zero-order valence-corrected chi connectivity index (χ0v) is 11.3. The number of thioether (sulfide) groups is 1. The van der Waals surface area contributed by atoms with E-state index in [4.69, 9.17) is 0 Å². The summed E-state index contributed by atoms with van der Waals surface area (Å²) in [6, 6.07) is 2.73. The number of Topliss-reactive ketones (excluding diaryl/α,β-unsaturated/α-hetero) is 1. The van der Waals surface area contributed by atoms with Gasteiger partial charge >= 0.3 is 0 Å². The highest BCUT2D eigenvalue weighted by atomic mass is 32.2. The average molecular weight is 268 g/mol. The summed E-state index contributed by atoms with van der Waals surface area (Å²) in [6.07, 6.45) is 1.54. The Morgan fingerprint density at radius 3 is 3.11 bits per heavy atom. The van der Waals surface area contributed by atoms with E-state index in [1.54, 1.807) is 0 Å². The van der Waals surface area contributed by atoms with Crippen molar-refractivity contribution in [2.75, 3.05) is 25.4 Å². The van der Waals surface area contributed by atoms with Crippen molar-refractivity contribution < 1.29 is 9.18 Å². The molecule has 3 nitrogen and oxygen atoms in total. The van der Waals surface area contributed by atoms with Crippen molar-refractivity contribution in [1.29, 1.82) is 0 Å². The second kappa shape index (κ2) is 6.29. The lowest BCUT2D eigenvalue weighted by Crippen LogP contribution is -2.37. The van der Waals surface area contributed by atoms with Crippen LogP contribution in [-0.4, -0.2) is 46.3 Å². The first-order chi connectivity index (χ1) is 8.65. The van der Waals surface area contributed by atoms with E-state index in [1.807, 2.05) is 11.8 Å². The third-order valence-electron chi connectivity index (χ3n) is 2.99. The van der Waals surface area contributed by atoms with Gasteiger partial charge in [0.25, 0.3) is 0 Å². The maximum Gasteiger partial charge on any atom is 0.182 e. The van der Waals surface area contributed by atoms with Crippen LogP contribution in [-0.2, 0) is 0 Å². The van der Waals surface area contributed by atoms with Gasteiger partial charge in [-0.15, -0.1) is 0 Å². The van der Waals surface area contributed by atoms with Gasteiger partial charge < -0.3 is 4.90 Å². The molecule has 18 heavy (non-hydrogen) atoms. The molecule has 1 aliphatic heterocycles. The molecule has 2 rings (SSSR count). The SMILES string of the molecule is CC1CN(CCC(=O)c2ccc(F)cn2)CCS1. The molecule has 0 aromatic carbocycles. The fourth-order valence-corrected chi connectivity index (χ4v) is 3.10. The first-order valence-electron chi connectivity index (χ1n) is 6.14. The number of hydrogen-bond donors (Lipinski definition) is 0. The second-order valence-electron chi connectivity index (χ2n) is 4.52. The van der Waals surface area contributed by atoms with Crippen molar-refractivity contribution in [2.24, 2.45) is 0 Å². The molecule has 98 valence electrons. The number of hydrogen-bond acceptors (Lipinski definition) is 4. The number of ketones is 1. The van der Waals surface area contributed by atoms with Gasteiger partial charge in [-0.3, -0.25) is 9.78 Å². The molecule has 0 aliphatic carbocycles. The maximum absolute atomic E-state index is 12.7. The smallest absolute Gasteiger partial charge is 0.182 e. The summed E-state index contributed by atoms with van der Waals surface area (Å²) in [5.41, 5.74) is 0.357. The zero-order valence-electron chi connectivity index (χ0n) is 10.4. The Labute approximate surface area is 111 Å². The third-order valence-corrected chi connectivity index (χ3v) is 4.13. The van der Waals surface area contributed by atoms with Gasteiger partial charge in [0.05, 0.1) is 6.20 Å². The minimum atomic E-state index is -0.409. The predicted molar refractivity (Wildman–Crippen MR) is 71.5 cm³/mol. The van der Waals surface area contributed by atoms with Crippen molar-refractivity contribution >= 4 is 17.5 Å². The van der Waals surface area contributed by atoms with Gasteiger partial charge in [0.15, 0.2) is 5.78 Å². The number of nitrogens with zero attached hydrogens (tertiary/aromatic N) is 2. The van der Waals surface area contributed by atoms with E-state index in [0.29, 0.717) is 17.4 Å².